The number of pyridine rings is 2. The van der Waals surface area contributed by atoms with Crippen LogP contribution in [-0.2, 0) is 0 Å². The maximum absolute atomic E-state index is 13.4. The first-order valence-corrected chi connectivity index (χ1v) is 8.85. The van der Waals surface area contributed by atoms with E-state index < -0.39 is 17.4 Å². The van der Waals surface area contributed by atoms with Crippen LogP contribution in [0, 0.1) is 0 Å². The van der Waals surface area contributed by atoms with Gasteiger partial charge in [-0.05, 0) is 31.2 Å². The molecule has 2 heterocycles. The van der Waals surface area contributed by atoms with E-state index in [0.717, 1.165) is 5.56 Å². The average Bonchev–Trinajstić information content (AvgIpc) is 2.53. The second-order valence-electron chi connectivity index (χ2n) is 7.83. The Morgan fingerprint density at radius 3 is 2.37 bits per heavy atom. The molecule has 2 saturated carbocycles. The Balaban J connectivity index is 1.60. The predicted octanol–water partition coefficient (Wildman–Crippen LogP) is 4.95. The summed E-state index contributed by atoms with van der Waals surface area (Å²) < 4.78 is 53.0. The molecule has 144 valence electrons. The Morgan fingerprint density at radius 1 is 1.04 bits per heavy atom. The van der Waals surface area contributed by atoms with Crippen LogP contribution in [0.3, 0.4) is 0 Å². The molecule has 2 aromatic heterocycles. The molecule has 2 aliphatic rings. The fourth-order valence-corrected chi connectivity index (χ4v) is 3.79. The van der Waals surface area contributed by atoms with Gasteiger partial charge in [0.15, 0.2) is 5.82 Å². The highest BCUT2D eigenvalue weighted by atomic mass is 19.3. The molecule has 2 aromatic rings. The number of halogens is 4. The van der Waals surface area contributed by atoms with Crippen molar-refractivity contribution in [2.24, 2.45) is 0 Å². The molecule has 0 saturated heterocycles. The Morgan fingerprint density at radius 2 is 1.78 bits per heavy atom. The summed E-state index contributed by atoms with van der Waals surface area (Å²) in [6, 6.07) is 6.77. The number of anilines is 2. The van der Waals surface area contributed by atoms with Crippen molar-refractivity contribution >= 4 is 11.5 Å². The van der Waals surface area contributed by atoms with Gasteiger partial charge < -0.3 is 10.6 Å². The summed E-state index contributed by atoms with van der Waals surface area (Å²) in [5.41, 5.74) is 1.17. The molecule has 0 aromatic carbocycles. The molecule has 0 aliphatic heterocycles. The van der Waals surface area contributed by atoms with Crippen molar-refractivity contribution in [3.8, 4) is 11.3 Å². The van der Waals surface area contributed by atoms with Crippen LogP contribution in [0.4, 0.5) is 29.1 Å². The van der Waals surface area contributed by atoms with Gasteiger partial charge >= 0.3 is 0 Å². The third-order valence-corrected chi connectivity index (χ3v) is 5.02. The molecule has 0 bridgehead atoms. The molecule has 4 rings (SSSR count). The maximum atomic E-state index is 13.4. The molecular weight excluding hydrogens is 360 g/mol. The number of nitrogens with one attached hydrogen (secondary N) is 2. The van der Waals surface area contributed by atoms with Crippen LogP contribution in [-0.4, -0.2) is 33.4 Å². The Bertz CT molecular complexity index is 825. The summed E-state index contributed by atoms with van der Waals surface area (Å²) in [6.07, 6.45) is 2.23. The quantitative estimate of drug-likeness (QED) is 0.721. The minimum atomic E-state index is -2.69. The first-order valence-electron chi connectivity index (χ1n) is 8.85. The van der Waals surface area contributed by atoms with Crippen molar-refractivity contribution in [3.05, 3.63) is 36.7 Å². The summed E-state index contributed by atoms with van der Waals surface area (Å²) in [5, 5.41) is 6.17. The second kappa shape index (κ2) is 6.07. The van der Waals surface area contributed by atoms with Crippen LogP contribution in [0.2, 0.25) is 0 Å². The molecule has 2 fully saturated rings. The van der Waals surface area contributed by atoms with Gasteiger partial charge in [-0.25, -0.2) is 22.5 Å². The maximum Gasteiger partial charge on any atom is 0.252 e. The highest BCUT2D eigenvalue weighted by Gasteiger charge is 2.54. The lowest BCUT2D eigenvalue weighted by Crippen LogP contribution is -2.55. The lowest BCUT2D eigenvalue weighted by atomic mass is 9.75. The predicted molar refractivity (Wildman–Crippen MR) is 95.3 cm³/mol. The molecule has 0 radical (unpaired) electrons. The number of rotatable bonds is 5. The van der Waals surface area contributed by atoms with Crippen LogP contribution in [0.25, 0.3) is 11.3 Å². The minimum absolute atomic E-state index is 0.244. The number of nitrogens with zero attached hydrogens (tertiary/aromatic N) is 2. The monoisotopic (exact) mass is 380 g/mol. The van der Waals surface area contributed by atoms with Gasteiger partial charge in [0.05, 0.1) is 11.4 Å². The third kappa shape index (κ3) is 3.84. The third-order valence-electron chi connectivity index (χ3n) is 5.02. The zero-order valence-electron chi connectivity index (χ0n) is 14.8. The highest BCUT2D eigenvalue weighted by Crippen LogP contribution is 2.48. The Hall–Kier alpha value is -2.38. The van der Waals surface area contributed by atoms with E-state index in [0.29, 0.717) is 17.2 Å². The van der Waals surface area contributed by atoms with Gasteiger partial charge in [0.25, 0.3) is 11.8 Å². The number of alkyl halides is 4. The van der Waals surface area contributed by atoms with E-state index in [2.05, 4.69) is 20.6 Å². The van der Waals surface area contributed by atoms with Crippen LogP contribution >= 0.6 is 0 Å². The van der Waals surface area contributed by atoms with E-state index in [1.807, 2.05) is 6.07 Å². The molecule has 0 amide bonds. The zero-order valence-corrected chi connectivity index (χ0v) is 14.8. The van der Waals surface area contributed by atoms with Crippen molar-refractivity contribution in [2.75, 3.05) is 10.6 Å². The highest BCUT2D eigenvalue weighted by molar-refractivity contribution is 5.71. The van der Waals surface area contributed by atoms with Crippen LogP contribution in [0.1, 0.15) is 32.6 Å². The lowest BCUT2D eigenvalue weighted by Gasteiger charge is -2.46. The summed E-state index contributed by atoms with van der Waals surface area (Å²) in [5.74, 6) is -4.94. The van der Waals surface area contributed by atoms with Gasteiger partial charge in [-0.1, -0.05) is 0 Å². The van der Waals surface area contributed by atoms with Crippen LogP contribution in [0.5, 0.6) is 0 Å². The molecule has 8 heteroatoms. The molecule has 4 nitrogen and oxygen atoms in total. The molecule has 2 N–H and O–H groups in total. The van der Waals surface area contributed by atoms with E-state index in [4.69, 9.17) is 0 Å². The van der Waals surface area contributed by atoms with Gasteiger partial charge in [-0.3, -0.25) is 4.98 Å². The van der Waals surface area contributed by atoms with Gasteiger partial charge in [0.2, 0.25) is 0 Å². The number of hydrogen-bond acceptors (Lipinski definition) is 4. The second-order valence-corrected chi connectivity index (χ2v) is 7.83. The standard InChI is InChI=1S/C19H20F4N4/c1-17(10-19(22,23)11-17)27-16-15(25-13-7-18(20,21)8-13)5-4-14(26-16)12-3-2-6-24-9-12/h2-6,9,13,25H,7-8,10-11H2,1H3,(H,26,27). The number of hydrogen-bond donors (Lipinski definition) is 2. The molecule has 27 heavy (non-hydrogen) atoms. The van der Waals surface area contributed by atoms with Crippen LogP contribution < -0.4 is 10.6 Å². The first kappa shape index (κ1) is 18.0. The van der Waals surface area contributed by atoms with Crippen molar-refractivity contribution in [2.45, 2.75) is 56.0 Å². The molecule has 0 unspecified atom stereocenters. The topological polar surface area (TPSA) is 49.8 Å². The Kier molecular flexibility index (Phi) is 4.05. The fourth-order valence-electron chi connectivity index (χ4n) is 3.79. The number of aromatic nitrogens is 2. The normalized spacial score (nSPS) is 22.4. The summed E-state index contributed by atoms with van der Waals surface area (Å²) in [6.45, 7) is 1.71. The van der Waals surface area contributed by atoms with Gasteiger partial charge in [0, 0.05) is 55.2 Å². The molecule has 0 spiro atoms. The average molecular weight is 380 g/mol. The fraction of sp³-hybridized carbons (Fsp3) is 0.474. The van der Waals surface area contributed by atoms with Crippen molar-refractivity contribution in [3.63, 3.8) is 0 Å². The first-order chi connectivity index (χ1) is 12.6. The van der Waals surface area contributed by atoms with E-state index in [1.165, 1.54) is 0 Å². The lowest BCUT2D eigenvalue weighted by molar-refractivity contribution is -0.109. The summed E-state index contributed by atoms with van der Waals surface area (Å²) in [7, 11) is 0. The SMILES string of the molecule is CC1(Nc2nc(-c3cccnc3)ccc2NC2CC(F)(F)C2)CC(F)(F)C1. The van der Waals surface area contributed by atoms with Crippen LogP contribution in [0.15, 0.2) is 36.7 Å². The van der Waals surface area contributed by atoms with E-state index >= 15 is 0 Å². The van der Waals surface area contributed by atoms with Gasteiger partial charge in [0.1, 0.15) is 0 Å². The van der Waals surface area contributed by atoms with E-state index in [9.17, 15) is 17.6 Å². The summed E-state index contributed by atoms with van der Waals surface area (Å²) in [4.78, 5) is 8.62. The van der Waals surface area contributed by atoms with Crippen molar-refractivity contribution in [1.29, 1.82) is 0 Å². The molecule has 2 aliphatic carbocycles. The summed E-state index contributed by atoms with van der Waals surface area (Å²) >= 11 is 0. The largest absolute Gasteiger partial charge is 0.379 e. The van der Waals surface area contributed by atoms with Crippen molar-refractivity contribution in [1.82, 2.24) is 9.97 Å². The van der Waals surface area contributed by atoms with Gasteiger partial charge in [-0.2, -0.15) is 0 Å². The zero-order chi connectivity index (χ0) is 19.3. The van der Waals surface area contributed by atoms with Crippen molar-refractivity contribution < 1.29 is 17.6 Å². The smallest absolute Gasteiger partial charge is 0.252 e. The molecular formula is C19H20F4N4. The Labute approximate surface area is 154 Å². The minimum Gasteiger partial charge on any atom is -0.379 e. The van der Waals surface area contributed by atoms with E-state index in [-0.39, 0.29) is 31.7 Å². The van der Waals surface area contributed by atoms with Gasteiger partial charge in [-0.15, -0.1) is 0 Å². The molecule has 0 atom stereocenters. The van der Waals surface area contributed by atoms with E-state index in [1.54, 1.807) is 37.5 Å².